The minimum atomic E-state index is -0.0289. The van der Waals surface area contributed by atoms with Crippen molar-refractivity contribution in [1.29, 1.82) is 5.26 Å². The minimum absolute atomic E-state index is 0.0289. The molecule has 2 aliphatic heterocycles. The Morgan fingerprint density at radius 2 is 2.00 bits per heavy atom. The molecule has 0 unspecified atom stereocenters. The van der Waals surface area contributed by atoms with Crippen LogP contribution in [-0.4, -0.2) is 43.7 Å². The maximum absolute atomic E-state index is 13.3. The molecule has 0 saturated carbocycles. The fraction of sp³-hybridized carbons (Fsp3) is 0.417. The van der Waals surface area contributed by atoms with E-state index in [2.05, 4.69) is 23.1 Å². The summed E-state index contributed by atoms with van der Waals surface area (Å²) in [6.07, 6.45) is 3.16. The van der Waals surface area contributed by atoms with Gasteiger partial charge < -0.3 is 14.4 Å². The second-order valence-corrected chi connectivity index (χ2v) is 8.25. The first kappa shape index (κ1) is 21.5. The third-order valence-electron chi connectivity index (χ3n) is 5.73. The summed E-state index contributed by atoms with van der Waals surface area (Å²) in [6, 6.07) is 15.6. The van der Waals surface area contributed by atoms with Crippen molar-refractivity contribution >= 4 is 23.2 Å². The Balaban J connectivity index is 1.51. The number of carbonyl (C=O) groups excluding carboxylic acids is 1. The zero-order valence-electron chi connectivity index (χ0n) is 17.4. The lowest BCUT2D eigenvalue weighted by Crippen LogP contribution is -2.40. The van der Waals surface area contributed by atoms with E-state index in [-0.39, 0.29) is 24.9 Å². The van der Waals surface area contributed by atoms with Gasteiger partial charge in [0.05, 0.1) is 32.2 Å². The molecule has 1 saturated heterocycles. The van der Waals surface area contributed by atoms with Crippen molar-refractivity contribution in [3.05, 3.63) is 53.1 Å². The molecule has 1 amide bonds. The minimum Gasteiger partial charge on any atom is -0.490 e. The highest BCUT2D eigenvalue weighted by atomic mass is 35.5. The molecule has 0 N–H and O–H groups in total. The van der Waals surface area contributed by atoms with Crippen LogP contribution in [0.4, 0.5) is 5.69 Å². The number of hydrogen-bond acceptors (Lipinski definition) is 5. The Hall–Kier alpha value is -2.75. The van der Waals surface area contributed by atoms with Crippen molar-refractivity contribution in [3.63, 3.8) is 0 Å². The van der Waals surface area contributed by atoms with Crippen LogP contribution in [0.2, 0.25) is 5.02 Å². The predicted molar refractivity (Wildman–Crippen MR) is 120 cm³/mol. The van der Waals surface area contributed by atoms with E-state index in [1.165, 1.54) is 0 Å². The van der Waals surface area contributed by atoms with Gasteiger partial charge in [-0.2, -0.15) is 5.26 Å². The molecule has 2 heterocycles. The maximum Gasteiger partial charge on any atom is 0.241 e. The molecule has 2 aromatic rings. The number of nitrogens with zero attached hydrogens (tertiary/aromatic N) is 3. The zero-order chi connectivity index (χ0) is 21.6. The Bertz CT molecular complexity index is 975. The number of ether oxygens (including phenoxy) is 2. The number of carbonyl (C=O) groups is 1. The van der Waals surface area contributed by atoms with Crippen LogP contribution in [0, 0.1) is 11.3 Å². The summed E-state index contributed by atoms with van der Waals surface area (Å²) in [6.45, 7) is 2.80. The van der Waals surface area contributed by atoms with Crippen LogP contribution >= 0.6 is 11.6 Å². The van der Waals surface area contributed by atoms with E-state index in [0.717, 1.165) is 48.6 Å². The lowest BCUT2D eigenvalue weighted by atomic mass is 10.0. The standard InChI is InChI=1S/C24H26ClN3O3/c25-19-5-1-6-20(16-19)28(12-3-10-26)24(29)17-27-11-2-7-21(27)18-8-9-22-23(15-18)31-14-4-13-30-22/h1,5-6,8-9,15-16,21H,2-4,7,11-14,17H2/t21-/m1/s1. The van der Waals surface area contributed by atoms with Gasteiger partial charge in [-0.05, 0) is 55.3 Å². The number of halogens is 1. The number of fused-ring (bicyclic) bond motifs is 1. The van der Waals surface area contributed by atoms with E-state index >= 15 is 0 Å². The molecule has 2 aromatic carbocycles. The average molecular weight is 440 g/mol. The normalized spacial score (nSPS) is 18.3. The second-order valence-electron chi connectivity index (χ2n) is 7.82. The quantitative estimate of drug-likeness (QED) is 0.658. The van der Waals surface area contributed by atoms with Crippen LogP contribution < -0.4 is 14.4 Å². The van der Waals surface area contributed by atoms with Crippen molar-refractivity contribution < 1.29 is 14.3 Å². The van der Waals surface area contributed by atoms with Gasteiger partial charge >= 0.3 is 0 Å². The molecule has 0 radical (unpaired) electrons. The summed E-state index contributed by atoms with van der Waals surface area (Å²) < 4.78 is 11.6. The molecule has 4 rings (SSSR count). The monoisotopic (exact) mass is 439 g/mol. The largest absolute Gasteiger partial charge is 0.490 e. The molecule has 1 atom stereocenters. The Morgan fingerprint density at radius 1 is 1.16 bits per heavy atom. The molecular formula is C24H26ClN3O3. The number of benzene rings is 2. The highest BCUT2D eigenvalue weighted by Gasteiger charge is 2.30. The topological polar surface area (TPSA) is 65.8 Å². The van der Waals surface area contributed by atoms with Gasteiger partial charge in [0.2, 0.25) is 5.91 Å². The molecule has 31 heavy (non-hydrogen) atoms. The van der Waals surface area contributed by atoms with Crippen LogP contribution in [0.15, 0.2) is 42.5 Å². The summed E-state index contributed by atoms with van der Waals surface area (Å²) in [5.74, 6) is 1.53. The summed E-state index contributed by atoms with van der Waals surface area (Å²) in [4.78, 5) is 17.1. The van der Waals surface area contributed by atoms with E-state index in [1.807, 2.05) is 18.2 Å². The van der Waals surface area contributed by atoms with Crippen LogP contribution in [-0.2, 0) is 4.79 Å². The molecule has 1 fully saturated rings. The number of likely N-dealkylation sites (tertiary alicyclic amines) is 1. The van der Waals surface area contributed by atoms with Crippen LogP contribution in [0.5, 0.6) is 11.5 Å². The fourth-order valence-electron chi connectivity index (χ4n) is 4.24. The van der Waals surface area contributed by atoms with E-state index < -0.39 is 0 Å². The predicted octanol–water partition coefficient (Wildman–Crippen LogP) is 4.59. The summed E-state index contributed by atoms with van der Waals surface area (Å²) in [5.41, 5.74) is 1.86. The number of hydrogen-bond donors (Lipinski definition) is 0. The second kappa shape index (κ2) is 10.0. The van der Waals surface area contributed by atoms with Crippen molar-refractivity contribution in [2.75, 3.05) is 37.7 Å². The van der Waals surface area contributed by atoms with Crippen molar-refractivity contribution in [2.24, 2.45) is 0 Å². The van der Waals surface area contributed by atoms with Crippen LogP contribution in [0.1, 0.15) is 37.3 Å². The summed E-state index contributed by atoms with van der Waals surface area (Å²) in [5, 5.41) is 9.61. The molecule has 2 aliphatic rings. The molecule has 0 spiro atoms. The molecule has 0 aromatic heterocycles. The first-order valence-electron chi connectivity index (χ1n) is 10.7. The van der Waals surface area contributed by atoms with Gasteiger partial charge in [0.1, 0.15) is 0 Å². The van der Waals surface area contributed by atoms with Gasteiger partial charge in [-0.3, -0.25) is 9.69 Å². The third kappa shape index (κ3) is 5.12. The Morgan fingerprint density at radius 3 is 2.81 bits per heavy atom. The number of anilines is 1. The van der Waals surface area contributed by atoms with Gasteiger partial charge in [-0.1, -0.05) is 23.7 Å². The molecule has 0 aliphatic carbocycles. The van der Waals surface area contributed by atoms with Gasteiger partial charge in [0.15, 0.2) is 11.5 Å². The molecule has 6 nitrogen and oxygen atoms in total. The van der Waals surface area contributed by atoms with Gasteiger partial charge in [-0.25, -0.2) is 0 Å². The van der Waals surface area contributed by atoms with E-state index in [1.54, 1.807) is 17.0 Å². The van der Waals surface area contributed by atoms with Crippen molar-refractivity contribution in [1.82, 2.24) is 4.90 Å². The van der Waals surface area contributed by atoms with Gasteiger partial charge in [0, 0.05) is 29.7 Å². The molecular weight excluding hydrogens is 414 g/mol. The van der Waals surface area contributed by atoms with Crippen LogP contribution in [0.3, 0.4) is 0 Å². The molecule has 7 heteroatoms. The van der Waals surface area contributed by atoms with E-state index in [4.69, 9.17) is 26.3 Å². The third-order valence-corrected chi connectivity index (χ3v) is 5.96. The van der Waals surface area contributed by atoms with Gasteiger partial charge in [-0.15, -0.1) is 0 Å². The summed E-state index contributed by atoms with van der Waals surface area (Å²) in [7, 11) is 0. The number of rotatable bonds is 6. The lowest BCUT2D eigenvalue weighted by molar-refractivity contribution is -0.120. The van der Waals surface area contributed by atoms with E-state index in [0.29, 0.717) is 24.8 Å². The smallest absolute Gasteiger partial charge is 0.241 e. The number of amides is 1. The van der Waals surface area contributed by atoms with Crippen molar-refractivity contribution in [2.45, 2.75) is 31.7 Å². The summed E-state index contributed by atoms with van der Waals surface area (Å²) >= 11 is 6.14. The first-order chi connectivity index (χ1) is 15.2. The molecule has 162 valence electrons. The highest BCUT2D eigenvalue weighted by molar-refractivity contribution is 6.30. The van der Waals surface area contributed by atoms with Crippen LogP contribution in [0.25, 0.3) is 0 Å². The van der Waals surface area contributed by atoms with E-state index in [9.17, 15) is 4.79 Å². The highest BCUT2D eigenvalue weighted by Crippen LogP contribution is 2.38. The zero-order valence-corrected chi connectivity index (χ0v) is 18.2. The maximum atomic E-state index is 13.3. The average Bonchev–Trinajstić information content (AvgIpc) is 3.09. The van der Waals surface area contributed by atoms with Gasteiger partial charge in [0.25, 0.3) is 0 Å². The first-order valence-corrected chi connectivity index (χ1v) is 11.1. The molecule has 0 bridgehead atoms. The fourth-order valence-corrected chi connectivity index (χ4v) is 4.43. The number of nitriles is 1. The Kier molecular flexibility index (Phi) is 6.96. The Labute approximate surface area is 187 Å². The lowest BCUT2D eigenvalue weighted by Gasteiger charge is -2.29. The van der Waals surface area contributed by atoms with Crippen molar-refractivity contribution in [3.8, 4) is 17.6 Å². The SMILES string of the molecule is N#CCCN(C(=O)CN1CCC[C@@H]1c1ccc2c(c1)OCCCO2)c1cccc(Cl)c1.